The summed E-state index contributed by atoms with van der Waals surface area (Å²) in [6.45, 7) is 7.91. The third-order valence-electron chi connectivity index (χ3n) is 5.56. The largest absolute Gasteiger partial charge is 0.508 e. The first kappa shape index (κ1) is 32.9. The summed E-state index contributed by atoms with van der Waals surface area (Å²) in [4.78, 5) is 48.6. The second-order valence-corrected chi connectivity index (χ2v) is 8.99. The Bertz CT molecular complexity index is 887. The lowest BCUT2D eigenvalue weighted by molar-refractivity contribution is -0.143. The third kappa shape index (κ3) is 13.4. The summed E-state index contributed by atoms with van der Waals surface area (Å²) in [5, 5.41) is 3.01. The number of unbranched alkanes of at least 4 members (excludes halogenated alkanes) is 2. The molecule has 1 aromatic carbocycles. The number of rotatable bonds is 18. The van der Waals surface area contributed by atoms with E-state index in [0.29, 0.717) is 18.4 Å². The minimum atomic E-state index is -0.764. The predicted octanol–water partition coefficient (Wildman–Crippen LogP) is 4.89. The maximum Gasteiger partial charge on any atom is 0.508 e. The maximum absolute atomic E-state index is 12.4. The van der Waals surface area contributed by atoms with Crippen LogP contribution in [-0.4, -0.2) is 56.5 Å². The van der Waals surface area contributed by atoms with Crippen molar-refractivity contribution in [2.75, 3.05) is 20.3 Å². The van der Waals surface area contributed by atoms with E-state index in [4.69, 9.17) is 23.7 Å². The Balaban J connectivity index is 2.89. The van der Waals surface area contributed by atoms with Gasteiger partial charge >= 0.3 is 24.1 Å². The van der Waals surface area contributed by atoms with Crippen LogP contribution in [0, 0.1) is 0 Å². The molecule has 0 aliphatic heterocycles. The smallest absolute Gasteiger partial charge is 0.468 e. The van der Waals surface area contributed by atoms with Crippen LogP contribution < -0.4 is 14.8 Å². The Hall–Kier alpha value is -3.14. The number of nitrogens with one attached hydrogen (secondary N) is 1. The lowest BCUT2D eigenvalue weighted by atomic mass is 10.1. The van der Waals surface area contributed by atoms with Crippen molar-refractivity contribution in [3.63, 3.8) is 0 Å². The number of ether oxygens (including phenoxy) is 5. The van der Waals surface area contributed by atoms with Crippen molar-refractivity contribution in [3.8, 4) is 11.5 Å². The number of benzene rings is 1. The molecule has 0 amide bonds. The van der Waals surface area contributed by atoms with Crippen LogP contribution in [0.15, 0.2) is 18.2 Å². The summed E-state index contributed by atoms with van der Waals surface area (Å²) in [7, 11) is 1.28. The topological polar surface area (TPSA) is 126 Å². The number of methoxy groups -OCH3 is 1. The minimum Gasteiger partial charge on any atom is -0.468 e. The molecule has 0 heterocycles. The Morgan fingerprint density at radius 1 is 0.895 bits per heavy atom. The van der Waals surface area contributed by atoms with Gasteiger partial charge in [-0.15, -0.1) is 0 Å². The number of hydrogen-bond acceptors (Lipinski definition) is 10. The van der Waals surface area contributed by atoms with Crippen LogP contribution in [0.3, 0.4) is 0 Å². The van der Waals surface area contributed by atoms with Gasteiger partial charge in [0.15, 0.2) is 11.5 Å². The van der Waals surface area contributed by atoms with Gasteiger partial charge in [0, 0.05) is 19.4 Å². The van der Waals surface area contributed by atoms with Gasteiger partial charge in [-0.2, -0.15) is 0 Å². The molecule has 0 aromatic heterocycles. The van der Waals surface area contributed by atoms with Gasteiger partial charge in [0.2, 0.25) is 0 Å². The molecule has 214 valence electrons. The number of carbonyl (C=O) groups excluding carboxylic acids is 4. The Morgan fingerprint density at radius 3 is 2.11 bits per heavy atom. The van der Waals surface area contributed by atoms with Gasteiger partial charge in [0.1, 0.15) is 18.8 Å². The van der Waals surface area contributed by atoms with Gasteiger partial charge in [0.25, 0.3) is 0 Å². The number of hydrogen-bond donors (Lipinski definition) is 1. The van der Waals surface area contributed by atoms with E-state index in [1.807, 2.05) is 20.8 Å². The molecular weight excluding hydrogens is 494 g/mol. The molecule has 0 saturated carbocycles. The summed E-state index contributed by atoms with van der Waals surface area (Å²) >= 11 is 0. The lowest BCUT2D eigenvalue weighted by Crippen LogP contribution is -2.41. The Kier molecular flexibility index (Phi) is 16.4. The average Bonchev–Trinajstić information content (AvgIpc) is 2.88. The zero-order valence-electron chi connectivity index (χ0n) is 23.3. The molecule has 0 saturated heterocycles. The second kappa shape index (κ2) is 19.0. The maximum atomic E-state index is 12.4. The highest BCUT2D eigenvalue weighted by atomic mass is 16.7. The molecule has 0 aliphatic rings. The summed E-state index contributed by atoms with van der Waals surface area (Å²) < 4.78 is 26.1. The molecule has 1 N–H and O–H groups in total. The molecule has 10 heteroatoms. The van der Waals surface area contributed by atoms with Gasteiger partial charge < -0.3 is 29.0 Å². The van der Waals surface area contributed by atoms with Gasteiger partial charge in [-0.1, -0.05) is 46.1 Å². The summed E-state index contributed by atoms with van der Waals surface area (Å²) in [5.74, 6) is -1.10. The van der Waals surface area contributed by atoms with Crippen molar-refractivity contribution in [1.29, 1.82) is 0 Å². The van der Waals surface area contributed by atoms with Crippen molar-refractivity contribution in [2.45, 2.75) is 97.6 Å². The highest BCUT2D eigenvalue weighted by molar-refractivity contribution is 5.77. The van der Waals surface area contributed by atoms with Gasteiger partial charge in [-0.05, 0) is 50.3 Å². The van der Waals surface area contributed by atoms with Crippen LogP contribution in [0.5, 0.6) is 11.5 Å². The fourth-order valence-electron chi connectivity index (χ4n) is 3.48. The number of esters is 3. The van der Waals surface area contributed by atoms with Crippen LogP contribution >= 0.6 is 0 Å². The molecule has 0 fully saturated rings. The van der Waals surface area contributed by atoms with Crippen LogP contribution in [0.1, 0.15) is 84.6 Å². The van der Waals surface area contributed by atoms with Gasteiger partial charge in [-0.25, -0.2) is 4.79 Å². The molecule has 0 aliphatic carbocycles. The zero-order chi connectivity index (χ0) is 28.3. The minimum absolute atomic E-state index is 0.00187. The van der Waals surface area contributed by atoms with Crippen molar-refractivity contribution in [3.05, 3.63) is 23.8 Å². The predicted molar refractivity (Wildman–Crippen MR) is 141 cm³/mol. The van der Waals surface area contributed by atoms with E-state index in [-0.39, 0.29) is 50.0 Å². The first-order chi connectivity index (χ1) is 18.2. The average molecular weight is 538 g/mol. The first-order valence-electron chi connectivity index (χ1n) is 13.4. The van der Waals surface area contributed by atoms with Crippen molar-refractivity contribution in [2.24, 2.45) is 0 Å². The van der Waals surface area contributed by atoms with E-state index in [2.05, 4.69) is 5.32 Å². The van der Waals surface area contributed by atoms with Crippen LogP contribution in [0.25, 0.3) is 0 Å². The summed E-state index contributed by atoms with van der Waals surface area (Å²) in [6.07, 6.45) is 4.35. The van der Waals surface area contributed by atoms with E-state index in [1.165, 1.54) is 7.11 Å². The molecule has 10 nitrogen and oxygen atoms in total. The molecule has 0 spiro atoms. The highest BCUT2D eigenvalue weighted by Gasteiger charge is 2.22. The number of carbonyl (C=O) groups is 4. The molecule has 1 rings (SSSR count). The van der Waals surface area contributed by atoms with E-state index in [9.17, 15) is 19.2 Å². The van der Waals surface area contributed by atoms with E-state index in [1.54, 1.807) is 25.1 Å². The van der Waals surface area contributed by atoms with Gasteiger partial charge in [-0.3, -0.25) is 14.4 Å². The summed E-state index contributed by atoms with van der Waals surface area (Å²) in [5.41, 5.74) is 0.647. The monoisotopic (exact) mass is 537 g/mol. The molecule has 0 bridgehead atoms. The molecule has 2 atom stereocenters. The van der Waals surface area contributed by atoms with Gasteiger partial charge in [0.05, 0.1) is 7.11 Å². The first-order valence-corrected chi connectivity index (χ1v) is 13.4. The van der Waals surface area contributed by atoms with Crippen molar-refractivity contribution < 1.29 is 42.9 Å². The van der Waals surface area contributed by atoms with Crippen LogP contribution in [-0.2, 0) is 35.0 Å². The fraction of sp³-hybridized carbons (Fsp3) is 0.643. The highest BCUT2D eigenvalue weighted by Crippen LogP contribution is 2.30. The lowest BCUT2D eigenvalue weighted by Gasteiger charge is -2.18. The standard InChI is InChI=1S/C28H43NO9/c1-6-9-12-25(30)37-23-15-14-21(19-24(23)38-26(31)13-10-7-2)18-22(27(32)34-5)29-16-17-35-28(33)36-20(4)11-8-3/h14-15,19-20,22,29H,6-13,16-18H2,1-5H3/t20?,22-/m0/s1. The molecule has 1 aromatic rings. The van der Waals surface area contributed by atoms with Crippen molar-refractivity contribution in [1.82, 2.24) is 5.32 Å². The Labute approximate surface area is 225 Å². The van der Waals surface area contributed by atoms with E-state index < -0.39 is 30.1 Å². The normalized spacial score (nSPS) is 12.2. The second-order valence-electron chi connectivity index (χ2n) is 8.99. The fourth-order valence-corrected chi connectivity index (χ4v) is 3.48. The zero-order valence-corrected chi connectivity index (χ0v) is 23.3. The van der Waals surface area contributed by atoms with E-state index in [0.717, 1.165) is 25.7 Å². The van der Waals surface area contributed by atoms with Crippen molar-refractivity contribution >= 4 is 24.1 Å². The molecule has 38 heavy (non-hydrogen) atoms. The van der Waals surface area contributed by atoms with E-state index >= 15 is 0 Å². The Morgan fingerprint density at radius 2 is 1.53 bits per heavy atom. The third-order valence-corrected chi connectivity index (χ3v) is 5.56. The molecule has 0 radical (unpaired) electrons. The van der Waals surface area contributed by atoms with Crippen LogP contribution in [0.4, 0.5) is 4.79 Å². The summed E-state index contributed by atoms with van der Waals surface area (Å²) in [6, 6.07) is 4.05. The molecular formula is C28H43NO9. The quantitative estimate of drug-likeness (QED) is 0.157. The molecule has 1 unspecified atom stereocenters. The van der Waals surface area contributed by atoms with Crippen LogP contribution in [0.2, 0.25) is 0 Å². The SMILES string of the molecule is CCCCC(=O)Oc1ccc(C[C@H](NCCOC(=O)OC(C)CCC)C(=O)OC)cc1OC(=O)CCCC.